The van der Waals surface area contributed by atoms with Gasteiger partial charge < -0.3 is 9.47 Å². The van der Waals surface area contributed by atoms with E-state index in [4.69, 9.17) is 13.7 Å². The fraction of sp³-hybridized carbons (Fsp3) is 0.783. The van der Waals surface area contributed by atoms with Crippen LogP contribution in [0.2, 0.25) is 0 Å². The van der Waals surface area contributed by atoms with Crippen LogP contribution >= 0.6 is 0 Å². The van der Waals surface area contributed by atoms with Crippen LogP contribution in [0, 0.1) is 6.92 Å². The number of benzene rings is 1. The van der Waals surface area contributed by atoms with E-state index in [1.54, 1.807) is 24.3 Å². The van der Waals surface area contributed by atoms with Crippen molar-refractivity contribution in [2.45, 2.75) is 212 Å². The third-order valence-electron chi connectivity index (χ3n) is 9.78. The molecule has 5 nitrogen and oxygen atoms in total. The highest BCUT2D eigenvalue weighted by molar-refractivity contribution is 7.86. The van der Waals surface area contributed by atoms with Crippen molar-refractivity contribution in [2.24, 2.45) is 0 Å². The second-order valence-electron chi connectivity index (χ2n) is 15.0. The van der Waals surface area contributed by atoms with E-state index < -0.39 is 16.2 Å². The minimum absolute atomic E-state index is 0.171. The second-order valence-corrected chi connectivity index (χ2v) is 16.6. The largest absolute Gasteiger partial charge is 0.379 e. The van der Waals surface area contributed by atoms with Gasteiger partial charge in [0.15, 0.2) is 0 Å². The Labute approximate surface area is 323 Å². The molecule has 1 rings (SSSR count). The van der Waals surface area contributed by atoms with Crippen molar-refractivity contribution in [1.29, 1.82) is 0 Å². The lowest BCUT2D eigenvalue weighted by molar-refractivity contribution is -0.00508. The van der Waals surface area contributed by atoms with Crippen molar-refractivity contribution in [3.8, 4) is 0 Å². The minimum Gasteiger partial charge on any atom is -0.379 e. The van der Waals surface area contributed by atoms with Gasteiger partial charge in [0.25, 0.3) is 10.1 Å². The first-order valence-electron chi connectivity index (χ1n) is 21.9. The molecular weight excluding hydrogens is 665 g/mol. The normalized spacial score (nSPS) is 12.8. The lowest BCUT2D eigenvalue weighted by atomic mass is 10.1. The van der Waals surface area contributed by atoms with Crippen LogP contribution in [-0.4, -0.2) is 40.9 Å². The van der Waals surface area contributed by atoms with Gasteiger partial charge in [-0.3, -0.25) is 4.18 Å². The molecule has 0 saturated heterocycles. The Morgan fingerprint density at radius 2 is 0.808 bits per heavy atom. The first-order valence-corrected chi connectivity index (χ1v) is 23.4. The summed E-state index contributed by atoms with van der Waals surface area (Å²) in [5.41, 5.74) is 1.01. The molecule has 0 heterocycles. The number of hydrogen-bond acceptors (Lipinski definition) is 5. The SMILES string of the molecule is CCCCCCCCC=CCCCCCCCCOCC(COCCCCCCCCC=CCCCCCCCC)OS(=O)(=O)c1ccc(C)cc1. The minimum atomic E-state index is -3.89. The van der Waals surface area contributed by atoms with E-state index in [0.717, 1.165) is 31.2 Å². The number of rotatable bonds is 39. The Bertz CT molecular complexity index is 1000. The van der Waals surface area contributed by atoms with E-state index in [-0.39, 0.29) is 18.1 Å². The van der Waals surface area contributed by atoms with Crippen LogP contribution in [0.3, 0.4) is 0 Å². The Morgan fingerprint density at radius 1 is 0.481 bits per heavy atom. The third kappa shape index (κ3) is 30.9. The molecule has 302 valence electrons. The van der Waals surface area contributed by atoms with Gasteiger partial charge in [-0.2, -0.15) is 8.42 Å². The van der Waals surface area contributed by atoms with Crippen molar-refractivity contribution < 1.29 is 22.1 Å². The highest BCUT2D eigenvalue weighted by Gasteiger charge is 2.22. The van der Waals surface area contributed by atoms with Gasteiger partial charge >= 0.3 is 0 Å². The molecule has 1 aromatic rings. The molecule has 0 amide bonds. The first-order chi connectivity index (χ1) is 25.5. The van der Waals surface area contributed by atoms with E-state index in [9.17, 15) is 8.42 Å². The summed E-state index contributed by atoms with van der Waals surface area (Å²) in [7, 11) is -3.89. The van der Waals surface area contributed by atoms with Gasteiger partial charge in [0, 0.05) is 13.2 Å². The number of allylic oxidation sites excluding steroid dienone is 4. The topological polar surface area (TPSA) is 61.8 Å². The molecule has 0 saturated carbocycles. The zero-order valence-electron chi connectivity index (χ0n) is 34.3. The molecule has 0 unspecified atom stereocenters. The molecule has 0 spiro atoms. The highest BCUT2D eigenvalue weighted by Crippen LogP contribution is 2.17. The number of unbranched alkanes of at least 4 members (excludes halogenated alkanes) is 24. The molecule has 0 fully saturated rings. The summed E-state index contributed by atoms with van der Waals surface area (Å²) in [6, 6.07) is 6.78. The fourth-order valence-electron chi connectivity index (χ4n) is 6.38. The van der Waals surface area contributed by atoms with E-state index >= 15 is 0 Å². The molecule has 0 aliphatic heterocycles. The zero-order valence-corrected chi connectivity index (χ0v) is 35.1. The smallest absolute Gasteiger partial charge is 0.297 e. The van der Waals surface area contributed by atoms with Crippen molar-refractivity contribution in [3.63, 3.8) is 0 Å². The summed E-state index contributed by atoms with van der Waals surface area (Å²) in [4.78, 5) is 0.171. The Balaban J connectivity index is 2.18. The molecule has 0 radical (unpaired) electrons. The molecule has 52 heavy (non-hydrogen) atoms. The van der Waals surface area contributed by atoms with Crippen molar-refractivity contribution >= 4 is 10.1 Å². The second kappa shape index (κ2) is 36.5. The van der Waals surface area contributed by atoms with E-state index in [0.29, 0.717) is 13.2 Å². The van der Waals surface area contributed by atoms with Crippen LogP contribution < -0.4 is 0 Å². The summed E-state index contributed by atoms with van der Waals surface area (Å²) in [5.74, 6) is 0. The van der Waals surface area contributed by atoms with Gasteiger partial charge in [-0.15, -0.1) is 0 Å². The maximum atomic E-state index is 13.0. The third-order valence-corrected chi connectivity index (χ3v) is 11.2. The molecular formula is C46H82O5S. The highest BCUT2D eigenvalue weighted by atomic mass is 32.2. The van der Waals surface area contributed by atoms with Crippen LogP contribution in [0.4, 0.5) is 0 Å². The lowest BCUT2D eigenvalue weighted by Crippen LogP contribution is -2.29. The van der Waals surface area contributed by atoms with Crippen LogP contribution in [-0.2, 0) is 23.8 Å². The summed E-state index contributed by atoms with van der Waals surface area (Å²) in [5, 5.41) is 0. The molecule has 1 aromatic carbocycles. The van der Waals surface area contributed by atoms with Gasteiger partial charge in [-0.1, -0.05) is 171 Å². The van der Waals surface area contributed by atoms with Gasteiger partial charge in [0.05, 0.1) is 18.1 Å². The Morgan fingerprint density at radius 3 is 1.17 bits per heavy atom. The monoisotopic (exact) mass is 747 g/mol. The van der Waals surface area contributed by atoms with E-state index in [1.807, 2.05) is 6.92 Å². The molecule has 0 N–H and O–H groups in total. The summed E-state index contributed by atoms with van der Waals surface area (Å²) < 4.78 is 43.5. The standard InChI is InChI=1S/C46H82O5S/c1-4-6-8-10-12-14-16-18-20-22-24-26-28-30-32-34-40-49-42-45(51-52(47,48)46-38-36-44(3)37-39-46)43-50-41-35-33-31-29-27-25-23-21-19-17-15-13-11-9-7-5-2/h18-21,36-39,45H,4-17,22-35,40-43H2,1-3H3. The Kier molecular flexibility index (Phi) is 34.1. The molecule has 0 aliphatic rings. The van der Waals surface area contributed by atoms with Crippen LogP contribution in [0.15, 0.2) is 53.5 Å². The number of aryl methyl sites for hydroxylation is 1. The van der Waals surface area contributed by atoms with Crippen LogP contribution in [0.5, 0.6) is 0 Å². The molecule has 0 bridgehead atoms. The van der Waals surface area contributed by atoms with Crippen molar-refractivity contribution in [3.05, 3.63) is 54.1 Å². The van der Waals surface area contributed by atoms with Gasteiger partial charge in [0.2, 0.25) is 0 Å². The zero-order chi connectivity index (χ0) is 37.6. The molecule has 0 atom stereocenters. The predicted molar refractivity (Wildman–Crippen MR) is 224 cm³/mol. The number of ether oxygens (including phenoxy) is 2. The molecule has 0 aliphatic carbocycles. The van der Waals surface area contributed by atoms with Gasteiger partial charge in [0.1, 0.15) is 6.10 Å². The van der Waals surface area contributed by atoms with Crippen LogP contribution in [0.1, 0.15) is 199 Å². The van der Waals surface area contributed by atoms with Crippen LogP contribution in [0.25, 0.3) is 0 Å². The summed E-state index contributed by atoms with van der Waals surface area (Å²) in [6.07, 6.45) is 44.4. The summed E-state index contributed by atoms with van der Waals surface area (Å²) in [6.45, 7) is 8.13. The first kappa shape index (κ1) is 48.5. The van der Waals surface area contributed by atoms with Crippen molar-refractivity contribution in [2.75, 3.05) is 26.4 Å². The van der Waals surface area contributed by atoms with Crippen molar-refractivity contribution in [1.82, 2.24) is 0 Å². The van der Waals surface area contributed by atoms with Gasteiger partial charge in [-0.25, -0.2) is 0 Å². The van der Waals surface area contributed by atoms with E-state index in [1.165, 1.54) is 154 Å². The molecule has 6 heteroatoms. The predicted octanol–water partition coefficient (Wildman–Crippen LogP) is 14.2. The molecule has 0 aromatic heterocycles. The van der Waals surface area contributed by atoms with E-state index in [2.05, 4.69) is 38.2 Å². The average molecular weight is 747 g/mol. The fourth-order valence-corrected chi connectivity index (χ4v) is 7.43. The average Bonchev–Trinajstić information content (AvgIpc) is 3.13. The maximum absolute atomic E-state index is 13.0. The quantitative estimate of drug-likeness (QED) is 0.0381. The summed E-state index contributed by atoms with van der Waals surface area (Å²) >= 11 is 0. The Hall–Kier alpha value is -1.47. The number of hydrogen-bond donors (Lipinski definition) is 0. The maximum Gasteiger partial charge on any atom is 0.297 e. The van der Waals surface area contributed by atoms with Gasteiger partial charge in [-0.05, 0) is 83.3 Å². The lowest BCUT2D eigenvalue weighted by Gasteiger charge is -2.18.